The van der Waals surface area contributed by atoms with Gasteiger partial charge in [-0.15, -0.1) is 0 Å². The van der Waals surface area contributed by atoms with E-state index in [1.807, 2.05) is 13.0 Å². The Morgan fingerprint density at radius 1 is 1.53 bits per heavy atom. The quantitative estimate of drug-likeness (QED) is 0.750. The predicted molar refractivity (Wildman–Crippen MR) is 75.2 cm³/mol. The lowest BCUT2D eigenvalue weighted by molar-refractivity contribution is 0.0593. The standard InChI is InChI=1S/C13H21N5O/c1-2-13(19)5-6-18(8-13)11-7-10(15-9-3-4-9)16-12(14)17-11/h7,9,19H,2-6,8H2,1H3,(H3,14,15,16,17). The van der Waals surface area contributed by atoms with Crippen molar-refractivity contribution in [2.24, 2.45) is 0 Å². The molecular weight excluding hydrogens is 242 g/mol. The zero-order valence-corrected chi connectivity index (χ0v) is 11.3. The third kappa shape index (κ3) is 2.73. The number of aromatic nitrogens is 2. The van der Waals surface area contributed by atoms with Gasteiger partial charge in [-0.2, -0.15) is 9.97 Å². The Hall–Kier alpha value is -1.56. The van der Waals surface area contributed by atoms with Crippen molar-refractivity contribution in [2.45, 2.75) is 44.2 Å². The lowest BCUT2D eigenvalue weighted by atomic mass is 10.0. The number of rotatable bonds is 4. The van der Waals surface area contributed by atoms with Crippen LogP contribution in [0.1, 0.15) is 32.6 Å². The van der Waals surface area contributed by atoms with Gasteiger partial charge in [0.1, 0.15) is 11.6 Å². The first-order valence-corrected chi connectivity index (χ1v) is 6.96. The van der Waals surface area contributed by atoms with Gasteiger partial charge in [0, 0.05) is 25.2 Å². The first-order valence-electron chi connectivity index (χ1n) is 6.96. The minimum absolute atomic E-state index is 0.285. The third-order valence-electron chi connectivity index (χ3n) is 3.97. The van der Waals surface area contributed by atoms with Crippen LogP contribution in [0.25, 0.3) is 0 Å². The molecule has 1 aliphatic carbocycles. The maximum Gasteiger partial charge on any atom is 0.223 e. The van der Waals surface area contributed by atoms with Crippen LogP contribution in [0.15, 0.2) is 6.07 Å². The zero-order chi connectivity index (χ0) is 13.5. The molecule has 19 heavy (non-hydrogen) atoms. The number of β-amino-alcohol motifs (C(OH)–C–C–N with tert-alkyl or cyclic N) is 1. The van der Waals surface area contributed by atoms with Gasteiger partial charge in [-0.25, -0.2) is 0 Å². The first-order chi connectivity index (χ1) is 9.08. The number of nitrogens with zero attached hydrogens (tertiary/aromatic N) is 3. The summed E-state index contributed by atoms with van der Waals surface area (Å²) >= 11 is 0. The molecule has 6 heteroatoms. The van der Waals surface area contributed by atoms with Gasteiger partial charge >= 0.3 is 0 Å². The lowest BCUT2D eigenvalue weighted by Gasteiger charge is -2.22. The summed E-state index contributed by atoms with van der Waals surface area (Å²) in [4.78, 5) is 10.6. The molecule has 1 aliphatic heterocycles. The van der Waals surface area contributed by atoms with Gasteiger partial charge in [0.15, 0.2) is 0 Å². The van der Waals surface area contributed by atoms with Crippen molar-refractivity contribution in [3.05, 3.63) is 6.07 Å². The minimum atomic E-state index is -0.593. The SMILES string of the molecule is CCC1(O)CCN(c2cc(NC3CC3)nc(N)n2)C1. The topological polar surface area (TPSA) is 87.3 Å². The zero-order valence-electron chi connectivity index (χ0n) is 11.3. The molecule has 1 aromatic rings. The van der Waals surface area contributed by atoms with E-state index in [9.17, 15) is 5.11 Å². The van der Waals surface area contributed by atoms with E-state index in [2.05, 4.69) is 20.2 Å². The first kappa shape index (κ1) is 12.5. The predicted octanol–water partition coefficient (Wildman–Crippen LogP) is 0.984. The largest absolute Gasteiger partial charge is 0.388 e. The summed E-state index contributed by atoms with van der Waals surface area (Å²) in [5.41, 5.74) is 5.18. The van der Waals surface area contributed by atoms with Crippen molar-refractivity contribution in [3.8, 4) is 0 Å². The van der Waals surface area contributed by atoms with E-state index in [0.717, 1.165) is 31.0 Å². The van der Waals surface area contributed by atoms with E-state index >= 15 is 0 Å². The van der Waals surface area contributed by atoms with Crippen LogP contribution in [0.3, 0.4) is 0 Å². The van der Waals surface area contributed by atoms with E-state index in [-0.39, 0.29) is 5.95 Å². The summed E-state index contributed by atoms with van der Waals surface area (Å²) in [5.74, 6) is 1.88. The average Bonchev–Trinajstić information content (AvgIpc) is 3.09. The smallest absolute Gasteiger partial charge is 0.223 e. The van der Waals surface area contributed by atoms with Crippen LogP contribution >= 0.6 is 0 Å². The minimum Gasteiger partial charge on any atom is -0.388 e. The molecule has 1 atom stereocenters. The fourth-order valence-corrected chi connectivity index (χ4v) is 2.47. The van der Waals surface area contributed by atoms with Gasteiger partial charge in [-0.3, -0.25) is 0 Å². The fourth-order valence-electron chi connectivity index (χ4n) is 2.47. The maximum absolute atomic E-state index is 10.3. The lowest BCUT2D eigenvalue weighted by Crippen LogP contribution is -2.32. The van der Waals surface area contributed by atoms with Crippen LogP contribution in [-0.2, 0) is 0 Å². The van der Waals surface area contributed by atoms with Gasteiger partial charge in [-0.05, 0) is 25.7 Å². The molecule has 4 N–H and O–H groups in total. The summed E-state index contributed by atoms with van der Waals surface area (Å²) in [6.07, 6.45) is 3.92. The van der Waals surface area contributed by atoms with Gasteiger partial charge in [0.05, 0.1) is 5.60 Å². The number of nitrogens with one attached hydrogen (secondary N) is 1. The van der Waals surface area contributed by atoms with Crippen molar-refractivity contribution >= 4 is 17.6 Å². The summed E-state index contributed by atoms with van der Waals surface area (Å²) in [5, 5.41) is 13.6. The number of hydrogen-bond donors (Lipinski definition) is 3. The Morgan fingerprint density at radius 3 is 2.95 bits per heavy atom. The number of nitrogen functional groups attached to an aromatic ring is 1. The third-order valence-corrected chi connectivity index (χ3v) is 3.97. The number of hydrogen-bond acceptors (Lipinski definition) is 6. The molecule has 2 aliphatic rings. The van der Waals surface area contributed by atoms with Crippen LogP contribution in [-0.4, -0.2) is 39.8 Å². The van der Waals surface area contributed by atoms with Crippen molar-refractivity contribution in [1.82, 2.24) is 9.97 Å². The van der Waals surface area contributed by atoms with Gasteiger partial charge < -0.3 is 21.1 Å². The molecule has 2 heterocycles. The highest BCUT2D eigenvalue weighted by molar-refractivity contribution is 5.54. The Labute approximate surface area is 113 Å². The second-order valence-corrected chi connectivity index (χ2v) is 5.64. The molecule has 6 nitrogen and oxygen atoms in total. The molecule has 0 radical (unpaired) electrons. The van der Waals surface area contributed by atoms with E-state index in [0.29, 0.717) is 12.6 Å². The molecule has 0 amide bonds. The monoisotopic (exact) mass is 263 g/mol. The summed E-state index contributed by atoms with van der Waals surface area (Å²) < 4.78 is 0. The summed E-state index contributed by atoms with van der Waals surface area (Å²) in [6.45, 7) is 3.43. The molecule has 104 valence electrons. The molecule has 0 aromatic carbocycles. The second kappa shape index (κ2) is 4.52. The van der Waals surface area contributed by atoms with Crippen LogP contribution in [0.5, 0.6) is 0 Å². The molecule has 3 rings (SSSR count). The summed E-state index contributed by atoms with van der Waals surface area (Å²) in [7, 11) is 0. The van der Waals surface area contributed by atoms with E-state index in [4.69, 9.17) is 5.73 Å². The normalized spacial score (nSPS) is 26.7. The molecule has 0 spiro atoms. The molecular formula is C13H21N5O. The fraction of sp³-hybridized carbons (Fsp3) is 0.692. The molecule has 1 aromatic heterocycles. The highest BCUT2D eigenvalue weighted by Crippen LogP contribution is 2.30. The van der Waals surface area contributed by atoms with Crippen LogP contribution < -0.4 is 16.0 Å². The van der Waals surface area contributed by atoms with Gasteiger partial charge in [0.25, 0.3) is 0 Å². The Bertz CT molecular complexity index is 476. The van der Waals surface area contributed by atoms with Crippen LogP contribution in [0, 0.1) is 0 Å². The highest BCUT2D eigenvalue weighted by Gasteiger charge is 2.35. The highest BCUT2D eigenvalue weighted by atomic mass is 16.3. The van der Waals surface area contributed by atoms with Crippen molar-refractivity contribution in [1.29, 1.82) is 0 Å². The van der Waals surface area contributed by atoms with Gasteiger partial charge in [-0.1, -0.05) is 6.92 Å². The van der Waals surface area contributed by atoms with E-state index in [1.165, 1.54) is 12.8 Å². The van der Waals surface area contributed by atoms with Crippen molar-refractivity contribution in [2.75, 3.05) is 29.0 Å². The van der Waals surface area contributed by atoms with Gasteiger partial charge in [0.2, 0.25) is 5.95 Å². The van der Waals surface area contributed by atoms with Crippen LogP contribution in [0.4, 0.5) is 17.6 Å². The maximum atomic E-state index is 10.3. The average molecular weight is 263 g/mol. The molecule has 0 bridgehead atoms. The van der Waals surface area contributed by atoms with Crippen LogP contribution in [0.2, 0.25) is 0 Å². The van der Waals surface area contributed by atoms with E-state index < -0.39 is 5.60 Å². The second-order valence-electron chi connectivity index (χ2n) is 5.64. The number of anilines is 3. The molecule has 1 saturated heterocycles. The Kier molecular flexibility index (Phi) is 2.97. The number of aliphatic hydroxyl groups is 1. The molecule has 1 unspecified atom stereocenters. The number of nitrogens with two attached hydrogens (primary N) is 1. The van der Waals surface area contributed by atoms with E-state index in [1.54, 1.807) is 0 Å². The summed E-state index contributed by atoms with van der Waals surface area (Å²) in [6, 6.07) is 2.46. The van der Waals surface area contributed by atoms with Crippen molar-refractivity contribution < 1.29 is 5.11 Å². The Morgan fingerprint density at radius 2 is 2.32 bits per heavy atom. The van der Waals surface area contributed by atoms with Crippen molar-refractivity contribution in [3.63, 3.8) is 0 Å². The molecule has 2 fully saturated rings. The molecule has 1 saturated carbocycles. The Balaban J connectivity index is 1.78.